The average Bonchev–Trinajstić information content (AvgIpc) is 2.37. The number of nitrogens with two attached hydrogens (primary N) is 1. The predicted molar refractivity (Wildman–Crippen MR) is 72.2 cm³/mol. The summed E-state index contributed by atoms with van der Waals surface area (Å²) in [5.74, 6) is 1.47. The third-order valence-electron chi connectivity index (χ3n) is 2.14. The Morgan fingerprint density at radius 2 is 2.11 bits per heavy atom. The van der Waals surface area contributed by atoms with E-state index in [0.29, 0.717) is 11.5 Å². The van der Waals surface area contributed by atoms with E-state index in [4.69, 9.17) is 26.8 Å². The Balaban J connectivity index is 2.31. The molecule has 2 aromatic rings. The van der Waals surface area contributed by atoms with Gasteiger partial charge in [0, 0.05) is 0 Å². The molecule has 0 unspecified atom stereocenters. The molecular weight excluding hydrogens is 321 g/mol. The summed E-state index contributed by atoms with van der Waals surface area (Å²) in [4.78, 5) is 7.67. The molecular formula is C11H9BrClN3O2. The minimum Gasteiger partial charge on any atom is -0.497 e. The van der Waals surface area contributed by atoms with Crippen LogP contribution in [0.3, 0.4) is 0 Å². The highest BCUT2D eigenvalue weighted by molar-refractivity contribution is 9.10. The van der Waals surface area contributed by atoms with Gasteiger partial charge in [0.1, 0.15) is 23.5 Å². The first-order valence-electron chi connectivity index (χ1n) is 4.89. The van der Waals surface area contributed by atoms with Crippen LogP contribution >= 0.6 is 27.5 Å². The summed E-state index contributed by atoms with van der Waals surface area (Å²) in [6.45, 7) is 0. The van der Waals surface area contributed by atoms with Gasteiger partial charge in [-0.05, 0) is 34.1 Å². The van der Waals surface area contributed by atoms with Gasteiger partial charge in [-0.25, -0.2) is 4.98 Å². The number of hydrogen-bond acceptors (Lipinski definition) is 5. The van der Waals surface area contributed by atoms with Crippen molar-refractivity contribution in [1.29, 1.82) is 0 Å². The first-order valence-corrected chi connectivity index (χ1v) is 6.06. The lowest BCUT2D eigenvalue weighted by Crippen LogP contribution is -1.98. The van der Waals surface area contributed by atoms with E-state index >= 15 is 0 Å². The molecule has 1 aromatic carbocycles. The highest BCUT2D eigenvalue weighted by Crippen LogP contribution is 2.35. The van der Waals surface area contributed by atoms with Crippen LogP contribution in [-0.4, -0.2) is 17.1 Å². The Morgan fingerprint density at radius 3 is 2.78 bits per heavy atom. The van der Waals surface area contributed by atoms with Crippen molar-refractivity contribution in [2.75, 3.05) is 12.8 Å². The summed E-state index contributed by atoms with van der Waals surface area (Å²) in [6.07, 6.45) is 1.28. The summed E-state index contributed by atoms with van der Waals surface area (Å²) in [5, 5.41) is 0.157. The fourth-order valence-electron chi connectivity index (χ4n) is 1.24. The summed E-state index contributed by atoms with van der Waals surface area (Å²) in [5.41, 5.74) is 5.91. The summed E-state index contributed by atoms with van der Waals surface area (Å²) >= 11 is 9.15. The van der Waals surface area contributed by atoms with Gasteiger partial charge in [0.15, 0.2) is 5.15 Å². The molecule has 0 aliphatic rings. The number of anilines is 1. The molecule has 0 bridgehead atoms. The van der Waals surface area contributed by atoms with Crippen molar-refractivity contribution in [1.82, 2.24) is 9.97 Å². The van der Waals surface area contributed by atoms with E-state index in [9.17, 15) is 0 Å². The second kappa shape index (κ2) is 5.41. The maximum atomic E-state index is 5.78. The van der Waals surface area contributed by atoms with Crippen molar-refractivity contribution in [3.8, 4) is 17.4 Å². The van der Waals surface area contributed by atoms with Crippen molar-refractivity contribution in [3.05, 3.63) is 34.2 Å². The number of ether oxygens (including phenoxy) is 2. The molecule has 1 heterocycles. The quantitative estimate of drug-likeness (QED) is 0.875. The van der Waals surface area contributed by atoms with E-state index in [-0.39, 0.29) is 16.7 Å². The lowest BCUT2D eigenvalue weighted by Gasteiger charge is -2.10. The van der Waals surface area contributed by atoms with Crippen LogP contribution < -0.4 is 15.2 Å². The smallest absolute Gasteiger partial charge is 0.247 e. The third kappa shape index (κ3) is 2.65. The minimum absolute atomic E-state index is 0.157. The second-order valence-electron chi connectivity index (χ2n) is 3.28. The Hall–Kier alpha value is -1.53. The lowest BCUT2D eigenvalue weighted by atomic mass is 10.3. The van der Waals surface area contributed by atoms with E-state index in [1.807, 2.05) is 0 Å². The van der Waals surface area contributed by atoms with Crippen molar-refractivity contribution in [2.45, 2.75) is 0 Å². The van der Waals surface area contributed by atoms with E-state index in [1.54, 1.807) is 25.3 Å². The highest BCUT2D eigenvalue weighted by atomic mass is 79.9. The molecule has 94 valence electrons. The Morgan fingerprint density at radius 1 is 1.33 bits per heavy atom. The maximum absolute atomic E-state index is 5.78. The minimum atomic E-state index is 0.157. The maximum Gasteiger partial charge on any atom is 0.247 e. The van der Waals surface area contributed by atoms with Crippen molar-refractivity contribution < 1.29 is 9.47 Å². The van der Waals surface area contributed by atoms with Crippen LogP contribution in [0.1, 0.15) is 0 Å². The molecule has 0 spiro atoms. The van der Waals surface area contributed by atoms with E-state index in [2.05, 4.69) is 25.9 Å². The number of hydrogen-bond donors (Lipinski definition) is 1. The summed E-state index contributed by atoms with van der Waals surface area (Å²) < 4.78 is 11.4. The fraction of sp³-hybridized carbons (Fsp3) is 0.0909. The van der Waals surface area contributed by atoms with E-state index in [0.717, 1.165) is 4.47 Å². The molecule has 0 saturated heterocycles. The molecule has 0 aliphatic heterocycles. The van der Waals surface area contributed by atoms with Crippen LogP contribution in [0.4, 0.5) is 5.69 Å². The van der Waals surface area contributed by atoms with Crippen LogP contribution in [-0.2, 0) is 0 Å². The number of methoxy groups -OCH3 is 1. The van der Waals surface area contributed by atoms with Gasteiger partial charge in [-0.2, -0.15) is 4.98 Å². The molecule has 18 heavy (non-hydrogen) atoms. The number of benzene rings is 1. The van der Waals surface area contributed by atoms with Gasteiger partial charge >= 0.3 is 0 Å². The van der Waals surface area contributed by atoms with Crippen LogP contribution in [0.5, 0.6) is 17.4 Å². The van der Waals surface area contributed by atoms with Crippen LogP contribution in [0.25, 0.3) is 0 Å². The van der Waals surface area contributed by atoms with Gasteiger partial charge in [0.05, 0.1) is 11.6 Å². The number of rotatable bonds is 3. The predicted octanol–water partition coefficient (Wildman–Crippen LogP) is 3.28. The van der Waals surface area contributed by atoms with Gasteiger partial charge in [0.25, 0.3) is 0 Å². The standard InChI is InChI=1S/C11H9BrClN3O2/c1-17-6-2-3-8(7(12)4-6)18-11-9(14)10(13)15-5-16-11/h2-5H,14H2,1H3. The first kappa shape index (κ1) is 12.9. The number of nitrogens with zero attached hydrogens (tertiary/aromatic N) is 2. The van der Waals surface area contributed by atoms with E-state index in [1.165, 1.54) is 6.33 Å². The molecule has 0 fully saturated rings. The second-order valence-corrected chi connectivity index (χ2v) is 4.49. The van der Waals surface area contributed by atoms with Gasteiger partial charge in [-0.15, -0.1) is 0 Å². The topological polar surface area (TPSA) is 70.3 Å². The SMILES string of the molecule is COc1ccc(Oc2ncnc(Cl)c2N)c(Br)c1. The molecule has 0 amide bonds. The lowest BCUT2D eigenvalue weighted by molar-refractivity contribution is 0.411. The molecule has 2 N–H and O–H groups in total. The molecule has 0 aliphatic carbocycles. The van der Waals surface area contributed by atoms with Crippen LogP contribution in [0.2, 0.25) is 5.15 Å². The van der Waals surface area contributed by atoms with Gasteiger partial charge in [-0.1, -0.05) is 11.6 Å². The Kier molecular flexibility index (Phi) is 3.88. The number of nitrogen functional groups attached to an aromatic ring is 1. The molecule has 0 radical (unpaired) electrons. The van der Waals surface area contributed by atoms with Crippen LogP contribution in [0.15, 0.2) is 29.0 Å². The molecule has 1 aromatic heterocycles. The monoisotopic (exact) mass is 329 g/mol. The average molecular weight is 331 g/mol. The van der Waals surface area contributed by atoms with Gasteiger partial charge in [0.2, 0.25) is 5.88 Å². The largest absolute Gasteiger partial charge is 0.497 e. The van der Waals surface area contributed by atoms with Crippen molar-refractivity contribution >= 4 is 33.2 Å². The van der Waals surface area contributed by atoms with Gasteiger partial charge in [-0.3, -0.25) is 0 Å². The van der Waals surface area contributed by atoms with Gasteiger partial charge < -0.3 is 15.2 Å². The molecule has 0 atom stereocenters. The molecule has 5 nitrogen and oxygen atoms in total. The normalized spacial score (nSPS) is 10.2. The van der Waals surface area contributed by atoms with Crippen molar-refractivity contribution in [2.24, 2.45) is 0 Å². The molecule has 7 heteroatoms. The first-order chi connectivity index (χ1) is 8.61. The zero-order valence-electron chi connectivity index (χ0n) is 9.35. The molecule has 0 saturated carbocycles. The number of aromatic nitrogens is 2. The highest BCUT2D eigenvalue weighted by Gasteiger charge is 2.10. The zero-order chi connectivity index (χ0) is 13.1. The Labute approximate surface area is 117 Å². The van der Waals surface area contributed by atoms with Crippen molar-refractivity contribution in [3.63, 3.8) is 0 Å². The molecule has 2 rings (SSSR count). The summed E-state index contributed by atoms with van der Waals surface area (Å²) in [6, 6.07) is 5.27. The number of halogens is 2. The third-order valence-corrected chi connectivity index (χ3v) is 3.07. The van der Waals surface area contributed by atoms with Crippen LogP contribution in [0, 0.1) is 0 Å². The zero-order valence-corrected chi connectivity index (χ0v) is 11.7. The Bertz CT molecular complexity index is 580. The van der Waals surface area contributed by atoms with E-state index < -0.39 is 0 Å². The fourth-order valence-corrected chi connectivity index (χ4v) is 1.80. The summed E-state index contributed by atoms with van der Waals surface area (Å²) in [7, 11) is 1.59.